The largest absolute Gasteiger partial charge is 0.361 e. The molecule has 0 unspecified atom stereocenters. The molecule has 0 saturated heterocycles. The Morgan fingerprint density at radius 1 is 1.11 bits per heavy atom. The number of nitrogens with one attached hydrogen (secondary N) is 2. The molecule has 0 bridgehead atoms. The van der Waals surface area contributed by atoms with Crippen LogP contribution in [0.4, 0.5) is 10.2 Å². The van der Waals surface area contributed by atoms with Gasteiger partial charge in [-0.3, -0.25) is 18.9 Å². The summed E-state index contributed by atoms with van der Waals surface area (Å²) in [6, 6.07) is 10.5. The predicted octanol–water partition coefficient (Wildman–Crippen LogP) is 3.84. The SMILES string of the molecule is Cn1nccc1CNc1nc(-c2ccncc2)cn2c(-c3ccc(C(=O)NC4CC4)c(F)c3)cnc12. The summed E-state index contributed by atoms with van der Waals surface area (Å²) in [7, 11) is 1.88. The molecule has 1 fully saturated rings. The number of carbonyl (C=O) groups is 1. The van der Waals surface area contributed by atoms with Crippen molar-refractivity contribution in [2.45, 2.75) is 25.4 Å². The number of pyridine rings is 1. The summed E-state index contributed by atoms with van der Waals surface area (Å²) in [6.07, 6.45) is 10.6. The number of aryl methyl sites for hydroxylation is 1. The molecule has 4 heterocycles. The fourth-order valence-corrected chi connectivity index (χ4v) is 4.08. The molecule has 9 nitrogen and oxygen atoms in total. The van der Waals surface area contributed by atoms with Gasteiger partial charge in [-0.2, -0.15) is 5.10 Å². The van der Waals surface area contributed by atoms with Crippen LogP contribution in [0.2, 0.25) is 0 Å². The van der Waals surface area contributed by atoms with Gasteiger partial charge in [0.05, 0.1) is 35.4 Å². The van der Waals surface area contributed by atoms with Gasteiger partial charge in [0, 0.05) is 49.0 Å². The minimum atomic E-state index is -0.571. The maximum atomic E-state index is 15.0. The molecule has 0 radical (unpaired) electrons. The Balaban J connectivity index is 1.41. The standard InChI is InChI=1S/C26H23FN8O/c1-34-19(8-11-31-34)13-29-24-25-30-14-23(35(25)15-22(33-24)16-6-9-28-10-7-16)17-2-5-20(21(27)12-17)26(36)32-18-3-4-18/h2,5-12,14-15,18H,3-4,13H2,1H3,(H,29,33)(H,32,36). The molecular formula is C26H23FN8O. The third kappa shape index (κ3) is 4.17. The molecule has 0 aliphatic heterocycles. The molecule has 1 aliphatic rings. The molecule has 6 rings (SSSR count). The number of aromatic nitrogens is 6. The minimum absolute atomic E-state index is 0.0390. The first kappa shape index (κ1) is 21.9. The number of rotatable bonds is 7. The highest BCUT2D eigenvalue weighted by atomic mass is 19.1. The molecule has 10 heteroatoms. The summed E-state index contributed by atoms with van der Waals surface area (Å²) >= 11 is 0. The summed E-state index contributed by atoms with van der Waals surface area (Å²) in [4.78, 5) is 25.9. The van der Waals surface area contributed by atoms with E-state index in [1.54, 1.807) is 35.5 Å². The van der Waals surface area contributed by atoms with Gasteiger partial charge in [0.15, 0.2) is 11.5 Å². The number of halogens is 1. The van der Waals surface area contributed by atoms with E-state index in [1.165, 1.54) is 12.1 Å². The molecule has 2 N–H and O–H groups in total. The number of imidazole rings is 1. The average molecular weight is 483 g/mol. The number of hydrogen-bond acceptors (Lipinski definition) is 6. The van der Waals surface area contributed by atoms with Crippen LogP contribution in [-0.4, -0.2) is 41.1 Å². The van der Waals surface area contributed by atoms with E-state index < -0.39 is 5.82 Å². The minimum Gasteiger partial charge on any atom is -0.361 e. The van der Waals surface area contributed by atoms with Crippen molar-refractivity contribution < 1.29 is 9.18 Å². The molecule has 36 heavy (non-hydrogen) atoms. The van der Waals surface area contributed by atoms with Gasteiger partial charge in [0.1, 0.15) is 5.82 Å². The highest BCUT2D eigenvalue weighted by Crippen LogP contribution is 2.29. The smallest absolute Gasteiger partial charge is 0.254 e. The molecule has 5 aromatic rings. The first-order chi connectivity index (χ1) is 17.6. The Hall–Kier alpha value is -4.60. The van der Waals surface area contributed by atoms with Gasteiger partial charge in [-0.15, -0.1) is 0 Å². The Morgan fingerprint density at radius 2 is 1.94 bits per heavy atom. The quantitative estimate of drug-likeness (QED) is 0.366. The van der Waals surface area contributed by atoms with Crippen LogP contribution >= 0.6 is 0 Å². The first-order valence-corrected chi connectivity index (χ1v) is 11.7. The van der Waals surface area contributed by atoms with Crippen LogP contribution in [0.15, 0.2) is 67.4 Å². The zero-order chi connectivity index (χ0) is 24.6. The molecule has 180 valence electrons. The average Bonchev–Trinajstić information content (AvgIpc) is 3.44. The maximum Gasteiger partial charge on any atom is 0.254 e. The lowest BCUT2D eigenvalue weighted by Gasteiger charge is -2.12. The van der Waals surface area contributed by atoms with Crippen LogP contribution in [0.25, 0.3) is 28.2 Å². The van der Waals surface area contributed by atoms with E-state index in [1.807, 2.05) is 35.8 Å². The number of hydrogen-bond donors (Lipinski definition) is 2. The summed E-state index contributed by atoms with van der Waals surface area (Å²) in [6.45, 7) is 0.501. The second-order valence-corrected chi connectivity index (χ2v) is 8.79. The Kier molecular flexibility index (Phi) is 5.40. The topological polar surface area (TPSA) is 102 Å². The highest BCUT2D eigenvalue weighted by Gasteiger charge is 2.25. The number of nitrogens with zero attached hydrogens (tertiary/aromatic N) is 6. The second-order valence-electron chi connectivity index (χ2n) is 8.79. The summed E-state index contributed by atoms with van der Waals surface area (Å²) in [5, 5.41) is 10.4. The van der Waals surface area contributed by atoms with Crippen molar-refractivity contribution in [2.75, 3.05) is 5.32 Å². The van der Waals surface area contributed by atoms with E-state index >= 15 is 0 Å². The van der Waals surface area contributed by atoms with Gasteiger partial charge in [-0.1, -0.05) is 6.07 Å². The van der Waals surface area contributed by atoms with Crippen molar-refractivity contribution >= 4 is 17.4 Å². The van der Waals surface area contributed by atoms with Crippen LogP contribution < -0.4 is 10.6 Å². The molecule has 0 spiro atoms. The molecule has 1 saturated carbocycles. The fourth-order valence-electron chi connectivity index (χ4n) is 4.08. The molecule has 0 atom stereocenters. The monoisotopic (exact) mass is 482 g/mol. The number of anilines is 1. The van der Waals surface area contributed by atoms with Gasteiger partial charge in [-0.25, -0.2) is 14.4 Å². The lowest BCUT2D eigenvalue weighted by Crippen LogP contribution is -2.26. The molecular weight excluding hydrogens is 459 g/mol. The van der Waals surface area contributed by atoms with E-state index in [0.717, 1.165) is 24.1 Å². The Labute approximate surface area is 206 Å². The van der Waals surface area contributed by atoms with Crippen molar-refractivity contribution in [1.29, 1.82) is 0 Å². The second kappa shape index (κ2) is 8.88. The van der Waals surface area contributed by atoms with Gasteiger partial charge in [-0.05, 0) is 43.2 Å². The fraction of sp³-hybridized carbons (Fsp3) is 0.192. The van der Waals surface area contributed by atoms with Crippen LogP contribution in [0.1, 0.15) is 28.9 Å². The van der Waals surface area contributed by atoms with Crippen LogP contribution in [0, 0.1) is 5.82 Å². The Morgan fingerprint density at radius 3 is 2.67 bits per heavy atom. The van der Waals surface area contributed by atoms with Gasteiger partial charge < -0.3 is 10.6 Å². The van der Waals surface area contributed by atoms with Crippen molar-refractivity contribution in [1.82, 2.24) is 34.4 Å². The van der Waals surface area contributed by atoms with Crippen LogP contribution in [-0.2, 0) is 13.6 Å². The van der Waals surface area contributed by atoms with Gasteiger partial charge >= 0.3 is 0 Å². The molecule has 1 aliphatic carbocycles. The van der Waals surface area contributed by atoms with Crippen LogP contribution in [0.3, 0.4) is 0 Å². The third-order valence-corrected chi connectivity index (χ3v) is 6.25. The number of carbonyl (C=O) groups excluding carboxylic acids is 1. The third-order valence-electron chi connectivity index (χ3n) is 6.25. The highest BCUT2D eigenvalue weighted by molar-refractivity contribution is 5.95. The van der Waals surface area contributed by atoms with Crippen molar-refractivity contribution in [3.8, 4) is 22.5 Å². The van der Waals surface area contributed by atoms with Crippen LogP contribution in [0.5, 0.6) is 0 Å². The van der Waals surface area contributed by atoms with E-state index in [4.69, 9.17) is 4.98 Å². The lowest BCUT2D eigenvalue weighted by atomic mass is 10.1. The van der Waals surface area contributed by atoms with E-state index in [2.05, 4.69) is 25.7 Å². The summed E-state index contributed by atoms with van der Waals surface area (Å²) < 4.78 is 18.6. The number of amides is 1. The van der Waals surface area contributed by atoms with E-state index in [9.17, 15) is 9.18 Å². The van der Waals surface area contributed by atoms with Gasteiger partial charge in [0.25, 0.3) is 5.91 Å². The summed E-state index contributed by atoms with van der Waals surface area (Å²) in [5.74, 6) is -0.373. The van der Waals surface area contributed by atoms with Gasteiger partial charge in [0.2, 0.25) is 0 Å². The maximum absolute atomic E-state index is 15.0. The van der Waals surface area contributed by atoms with Crippen molar-refractivity contribution in [3.63, 3.8) is 0 Å². The zero-order valence-corrected chi connectivity index (χ0v) is 19.5. The first-order valence-electron chi connectivity index (χ1n) is 11.7. The normalized spacial score (nSPS) is 13.2. The lowest BCUT2D eigenvalue weighted by molar-refractivity contribution is 0.0947. The Bertz CT molecular complexity index is 1570. The van der Waals surface area contributed by atoms with E-state index in [0.29, 0.717) is 35.0 Å². The predicted molar refractivity (Wildman–Crippen MR) is 133 cm³/mol. The number of benzene rings is 1. The molecule has 1 aromatic carbocycles. The number of fused-ring (bicyclic) bond motifs is 1. The zero-order valence-electron chi connectivity index (χ0n) is 19.5. The van der Waals surface area contributed by atoms with E-state index in [-0.39, 0.29) is 17.5 Å². The molecule has 1 amide bonds. The van der Waals surface area contributed by atoms with Crippen molar-refractivity contribution in [3.05, 3.63) is 84.5 Å². The van der Waals surface area contributed by atoms with Crippen molar-refractivity contribution in [2.24, 2.45) is 7.05 Å². The summed E-state index contributed by atoms with van der Waals surface area (Å²) in [5.41, 5.74) is 4.49. The molecule has 4 aromatic heterocycles.